The highest BCUT2D eigenvalue weighted by Crippen LogP contribution is 2.27. The molecule has 0 saturated carbocycles. The normalized spacial score (nSPS) is 11.7. The number of carbonyl (C=O) groups is 7. The van der Waals surface area contributed by atoms with Gasteiger partial charge in [-0.15, -0.1) is 0 Å². The molecule has 0 aliphatic heterocycles. The molecule has 1 atom stereocenters. The molecule has 0 bridgehead atoms. The summed E-state index contributed by atoms with van der Waals surface area (Å²) in [4.78, 5) is 84.1. The van der Waals surface area contributed by atoms with E-state index in [1.807, 2.05) is 0 Å². The Morgan fingerprint density at radius 1 is 0.720 bits per heavy atom. The lowest BCUT2D eigenvalue weighted by atomic mass is 10.0. The van der Waals surface area contributed by atoms with E-state index >= 15 is 0 Å². The number of hydrogen-bond acceptors (Lipinski definition) is 18. The van der Waals surface area contributed by atoms with Gasteiger partial charge in [0.2, 0.25) is 0 Å². The van der Waals surface area contributed by atoms with Crippen LogP contribution in [0.25, 0.3) is 11.1 Å². The Bertz CT molecular complexity index is 1490. The Morgan fingerprint density at radius 3 is 1.86 bits per heavy atom. The van der Waals surface area contributed by atoms with Crippen LogP contribution in [0.15, 0.2) is 48.5 Å². The smallest absolute Gasteiger partial charge is 0.255 e. The van der Waals surface area contributed by atoms with E-state index < -0.39 is 107 Å². The molecule has 1 unspecified atom stereocenters. The van der Waals surface area contributed by atoms with Crippen LogP contribution in [0.2, 0.25) is 0 Å². The Labute approximate surface area is 284 Å². The van der Waals surface area contributed by atoms with Crippen LogP contribution in [-0.2, 0) is 33.5 Å². The van der Waals surface area contributed by atoms with Crippen LogP contribution in [-0.4, -0.2) is 135 Å². The minimum atomic E-state index is -2.03. The average Bonchev–Trinajstić information content (AvgIpc) is 3.05. The Kier molecular flexibility index (Phi) is 16.9. The second-order valence-electron chi connectivity index (χ2n) is 10.6. The standard InChI is InChI=1S/C31H37N4O15/c36-19-49-18-35(16-29(44)45)22(12-33(13-26(38)39)8-9-34(14-27(40)41)15-28(42)43)17-50-25-7-6-21(20-4-2-1-3-5-20)10-23(25)30(46)32-11-24(37)31(47)48/h1-7,10,22H,8-9,11-19H2,(H,32,46)(H,38,39)(H,40,41)(H,42,43)(H,44,45)(H,47,48)/q-1/p-5. The zero-order chi connectivity index (χ0) is 37.2. The summed E-state index contributed by atoms with van der Waals surface area (Å²) in [7, 11) is 0. The van der Waals surface area contributed by atoms with E-state index in [-0.39, 0.29) is 24.4 Å². The highest BCUT2D eigenvalue weighted by Gasteiger charge is 2.25. The van der Waals surface area contributed by atoms with Gasteiger partial charge in [-0.1, -0.05) is 36.4 Å². The Morgan fingerprint density at radius 2 is 1.30 bits per heavy atom. The van der Waals surface area contributed by atoms with Crippen molar-refractivity contribution in [1.29, 1.82) is 0 Å². The molecule has 0 spiro atoms. The fourth-order valence-corrected chi connectivity index (χ4v) is 4.61. The van der Waals surface area contributed by atoms with Crippen LogP contribution in [0, 0.1) is 0 Å². The number of rotatable bonds is 25. The molecular weight excluding hydrogens is 668 g/mol. The van der Waals surface area contributed by atoms with Crippen LogP contribution < -0.4 is 40.7 Å². The molecule has 0 radical (unpaired) electrons. The second kappa shape index (κ2) is 20.8. The summed E-state index contributed by atoms with van der Waals surface area (Å²) in [6.07, 6.45) is 0. The number of Topliss-reactive ketones (excluding diaryl/α,β-unsaturated/α-hetero) is 1. The van der Waals surface area contributed by atoms with Gasteiger partial charge in [0.25, 0.3) is 5.91 Å². The average molecular weight is 701 g/mol. The summed E-state index contributed by atoms with van der Waals surface area (Å²) in [5.74, 6) is -11.0. The first-order chi connectivity index (χ1) is 23.7. The first-order valence-corrected chi connectivity index (χ1v) is 14.7. The van der Waals surface area contributed by atoms with Crippen molar-refractivity contribution >= 4 is 41.5 Å². The van der Waals surface area contributed by atoms with E-state index in [0.29, 0.717) is 11.1 Å². The maximum Gasteiger partial charge on any atom is 0.255 e. The van der Waals surface area contributed by atoms with Gasteiger partial charge in [0, 0.05) is 45.8 Å². The van der Waals surface area contributed by atoms with Gasteiger partial charge in [0.15, 0.2) is 5.78 Å². The van der Waals surface area contributed by atoms with Gasteiger partial charge < -0.3 is 69.4 Å². The fourth-order valence-electron chi connectivity index (χ4n) is 4.61. The van der Waals surface area contributed by atoms with E-state index in [9.17, 15) is 64.2 Å². The molecule has 272 valence electrons. The number of carboxylic acid groups (broad SMARTS) is 5. The lowest BCUT2D eigenvalue weighted by molar-refractivity contribution is -0.435. The highest BCUT2D eigenvalue weighted by atomic mass is 16.6. The SMILES string of the molecule is O=C([O-])CN(CCN(CC(=O)[O-])CC(COc1ccc(-c2ccccc2)cc1C(=O)NCC(=O)C(=O)[O-])N(COC[O-])CC(=O)[O-])CC(=O)[O-]. The van der Waals surface area contributed by atoms with Gasteiger partial charge in [0.1, 0.15) is 18.3 Å². The fraction of sp³-hybridized carbons (Fsp3) is 0.387. The zero-order valence-electron chi connectivity index (χ0n) is 26.4. The lowest BCUT2D eigenvalue weighted by Gasteiger charge is -2.36. The molecule has 0 aromatic heterocycles. The molecule has 19 heteroatoms. The molecular formula is C31H32N4O15-6. The van der Waals surface area contributed by atoms with Crippen molar-refractivity contribution < 1.29 is 73.7 Å². The number of ether oxygens (including phenoxy) is 2. The number of nitrogens with zero attached hydrogens (tertiary/aromatic N) is 3. The van der Waals surface area contributed by atoms with Crippen LogP contribution in [0.3, 0.4) is 0 Å². The molecule has 0 heterocycles. The quantitative estimate of drug-likeness (QED) is 0.0742. The molecule has 2 aromatic carbocycles. The van der Waals surface area contributed by atoms with E-state index in [4.69, 9.17) is 9.47 Å². The lowest BCUT2D eigenvalue weighted by Crippen LogP contribution is -2.54. The summed E-state index contributed by atoms with van der Waals surface area (Å²) >= 11 is 0. The molecule has 0 aliphatic carbocycles. The summed E-state index contributed by atoms with van der Waals surface area (Å²) in [5.41, 5.74) is 0.979. The predicted octanol–water partition coefficient (Wildman–Crippen LogP) is -8.65. The molecule has 0 aliphatic rings. The largest absolute Gasteiger partial charge is 0.834 e. The number of hydrogen-bond donors (Lipinski definition) is 1. The van der Waals surface area contributed by atoms with E-state index in [1.54, 1.807) is 36.4 Å². The molecule has 1 amide bonds. The third kappa shape index (κ3) is 14.7. The Hall–Kier alpha value is -5.47. The topological polar surface area (TPSA) is 298 Å². The number of nitrogens with one attached hydrogen (secondary N) is 1. The number of carboxylic acids is 5. The summed E-state index contributed by atoms with van der Waals surface area (Å²) in [6, 6.07) is 11.8. The summed E-state index contributed by atoms with van der Waals surface area (Å²) in [5, 5.41) is 69.6. The maximum absolute atomic E-state index is 13.2. The molecule has 2 aromatic rings. The third-order valence-corrected chi connectivity index (χ3v) is 6.85. The number of aliphatic carboxylic acids is 5. The third-order valence-electron chi connectivity index (χ3n) is 6.85. The van der Waals surface area contributed by atoms with Gasteiger partial charge in [-0.2, -0.15) is 0 Å². The van der Waals surface area contributed by atoms with Crippen LogP contribution >= 0.6 is 0 Å². The van der Waals surface area contributed by atoms with E-state index in [2.05, 4.69) is 5.32 Å². The first-order valence-electron chi connectivity index (χ1n) is 14.7. The minimum Gasteiger partial charge on any atom is -0.834 e. The molecule has 19 nitrogen and oxygen atoms in total. The monoisotopic (exact) mass is 700 g/mol. The number of amides is 1. The van der Waals surface area contributed by atoms with Crippen molar-refractivity contribution in [3.05, 3.63) is 54.1 Å². The minimum absolute atomic E-state index is 0.147. The number of ketones is 1. The van der Waals surface area contributed by atoms with Crippen LogP contribution in [0.4, 0.5) is 0 Å². The van der Waals surface area contributed by atoms with Crippen molar-refractivity contribution in [3.8, 4) is 16.9 Å². The second-order valence-corrected chi connectivity index (χ2v) is 10.6. The first kappa shape index (κ1) is 40.7. The van der Waals surface area contributed by atoms with E-state index in [0.717, 1.165) is 14.7 Å². The highest BCUT2D eigenvalue weighted by molar-refractivity contribution is 6.33. The molecule has 1 N–H and O–H groups in total. The molecule has 0 saturated heterocycles. The van der Waals surface area contributed by atoms with Crippen molar-refractivity contribution in [3.63, 3.8) is 0 Å². The van der Waals surface area contributed by atoms with Gasteiger partial charge in [-0.05, 0) is 30.1 Å². The van der Waals surface area contributed by atoms with Crippen molar-refractivity contribution in [2.45, 2.75) is 6.04 Å². The summed E-state index contributed by atoms with van der Waals surface area (Å²) in [6.45, 7) is -7.55. The van der Waals surface area contributed by atoms with Gasteiger partial charge in [0.05, 0.1) is 48.8 Å². The van der Waals surface area contributed by atoms with Crippen molar-refractivity contribution in [2.75, 3.05) is 72.5 Å². The zero-order valence-corrected chi connectivity index (χ0v) is 26.4. The molecule has 0 fully saturated rings. The predicted molar refractivity (Wildman–Crippen MR) is 154 cm³/mol. The van der Waals surface area contributed by atoms with Crippen LogP contribution in [0.1, 0.15) is 10.4 Å². The Balaban J connectivity index is 2.48. The van der Waals surface area contributed by atoms with Crippen molar-refractivity contribution in [1.82, 2.24) is 20.0 Å². The molecule has 2 rings (SSSR count). The molecule has 50 heavy (non-hydrogen) atoms. The van der Waals surface area contributed by atoms with Crippen molar-refractivity contribution in [2.24, 2.45) is 0 Å². The number of benzene rings is 2. The maximum atomic E-state index is 13.2. The van der Waals surface area contributed by atoms with Gasteiger partial charge in [-0.25, -0.2) is 0 Å². The van der Waals surface area contributed by atoms with Gasteiger partial charge in [-0.3, -0.25) is 24.3 Å². The van der Waals surface area contributed by atoms with Crippen LogP contribution in [0.5, 0.6) is 5.75 Å². The van der Waals surface area contributed by atoms with Gasteiger partial charge >= 0.3 is 0 Å². The number of carbonyl (C=O) groups excluding carboxylic acids is 7. The van der Waals surface area contributed by atoms with E-state index in [1.165, 1.54) is 12.1 Å². The summed E-state index contributed by atoms with van der Waals surface area (Å²) < 4.78 is 10.8.